The van der Waals surface area contributed by atoms with E-state index in [4.69, 9.17) is 0 Å². The third-order valence-corrected chi connectivity index (χ3v) is 4.46. The van der Waals surface area contributed by atoms with Crippen LogP contribution in [0.4, 0.5) is 5.69 Å². The summed E-state index contributed by atoms with van der Waals surface area (Å²) in [7, 11) is 0. The number of benzene rings is 1. The molecule has 1 heterocycles. The summed E-state index contributed by atoms with van der Waals surface area (Å²) in [5, 5.41) is 3.04. The Hall–Kier alpha value is -1.35. The number of likely N-dealkylation sites (tertiary alicyclic amines) is 1. The van der Waals surface area contributed by atoms with Crippen molar-refractivity contribution in [1.29, 1.82) is 0 Å². The second kappa shape index (κ2) is 7.08. The van der Waals surface area contributed by atoms with Gasteiger partial charge in [-0.2, -0.15) is 0 Å². The lowest BCUT2D eigenvalue weighted by Crippen LogP contribution is -2.46. The van der Waals surface area contributed by atoms with Crippen molar-refractivity contribution in [2.24, 2.45) is 5.92 Å². The zero-order valence-corrected chi connectivity index (χ0v) is 13.7. The molecule has 0 aromatic heterocycles. The topological polar surface area (TPSA) is 32.3 Å². The summed E-state index contributed by atoms with van der Waals surface area (Å²) in [6, 6.07) is 8.12. The third kappa shape index (κ3) is 4.31. The van der Waals surface area contributed by atoms with Crippen molar-refractivity contribution in [1.82, 2.24) is 4.90 Å². The van der Waals surface area contributed by atoms with Crippen LogP contribution < -0.4 is 5.32 Å². The predicted octanol–water partition coefficient (Wildman–Crippen LogP) is 3.87. The highest BCUT2D eigenvalue weighted by atomic mass is 16.2. The summed E-state index contributed by atoms with van der Waals surface area (Å²) in [6.45, 7) is 10.7. The molecule has 0 radical (unpaired) electrons. The molecule has 2 atom stereocenters. The Labute approximate surface area is 128 Å². The van der Waals surface area contributed by atoms with Gasteiger partial charge in [-0.25, -0.2) is 0 Å². The summed E-state index contributed by atoms with van der Waals surface area (Å²) < 4.78 is 0. The van der Waals surface area contributed by atoms with Gasteiger partial charge in [0.1, 0.15) is 0 Å². The molecule has 1 aliphatic rings. The molecule has 1 saturated heterocycles. The van der Waals surface area contributed by atoms with E-state index in [0.717, 1.165) is 18.8 Å². The van der Waals surface area contributed by atoms with Crippen LogP contribution in [0.3, 0.4) is 0 Å². The number of piperidine rings is 1. The average molecular weight is 288 g/mol. The summed E-state index contributed by atoms with van der Waals surface area (Å²) in [4.78, 5) is 14.7. The molecule has 2 rings (SSSR count). The van der Waals surface area contributed by atoms with Crippen molar-refractivity contribution >= 4 is 11.6 Å². The third-order valence-electron chi connectivity index (χ3n) is 4.46. The van der Waals surface area contributed by atoms with Crippen LogP contribution in [0.1, 0.15) is 52.0 Å². The number of hydrogen-bond donors (Lipinski definition) is 1. The Morgan fingerprint density at radius 2 is 1.90 bits per heavy atom. The Bertz CT molecular complexity index is 467. The number of nitrogens with one attached hydrogen (secondary N) is 1. The number of hydrogen-bond acceptors (Lipinski definition) is 2. The van der Waals surface area contributed by atoms with Gasteiger partial charge in [-0.05, 0) is 55.8 Å². The fraction of sp³-hybridized carbons (Fsp3) is 0.611. The van der Waals surface area contributed by atoms with Gasteiger partial charge in [-0.3, -0.25) is 9.69 Å². The molecule has 21 heavy (non-hydrogen) atoms. The van der Waals surface area contributed by atoms with E-state index in [-0.39, 0.29) is 11.9 Å². The van der Waals surface area contributed by atoms with Crippen molar-refractivity contribution in [2.75, 3.05) is 18.4 Å². The van der Waals surface area contributed by atoms with Crippen LogP contribution in [0.5, 0.6) is 0 Å². The minimum Gasteiger partial charge on any atom is -0.325 e. The van der Waals surface area contributed by atoms with Gasteiger partial charge in [-0.1, -0.05) is 32.9 Å². The second-order valence-electron chi connectivity index (χ2n) is 6.68. The normalized spacial score (nSPS) is 21.3. The molecule has 1 fully saturated rings. The van der Waals surface area contributed by atoms with E-state index in [1.165, 1.54) is 18.4 Å². The molecule has 3 nitrogen and oxygen atoms in total. The SMILES string of the molecule is CC(C)c1ccc(NC(=O)[C@H](C)N2CCC[C@H](C)C2)cc1. The lowest BCUT2D eigenvalue weighted by atomic mass is 9.99. The largest absolute Gasteiger partial charge is 0.325 e. The maximum atomic E-state index is 12.4. The molecule has 0 spiro atoms. The van der Waals surface area contributed by atoms with E-state index in [1.54, 1.807) is 0 Å². The van der Waals surface area contributed by atoms with E-state index >= 15 is 0 Å². The molecule has 0 bridgehead atoms. The number of carbonyl (C=O) groups excluding carboxylic acids is 1. The molecule has 1 amide bonds. The molecular weight excluding hydrogens is 260 g/mol. The Morgan fingerprint density at radius 1 is 1.24 bits per heavy atom. The molecule has 1 aromatic rings. The van der Waals surface area contributed by atoms with Crippen molar-refractivity contribution in [3.05, 3.63) is 29.8 Å². The maximum absolute atomic E-state index is 12.4. The van der Waals surface area contributed by atoms with Gasteiger partial charge in [0, 0.05) is 12.2 Å². The molecule has 3 heteroatoms. The first kappa shape index (κ1) is 16.0. The van der Waals surface area contributed by atoms with E-state index in [9.17, 15) is 4.79 Å². The first-order valence-electron chi connectivity index (χ1n) is 8.12. The Balaban J connectivity index is 1.93. The van der Waals surface area contributed by atoms with Gasteiger partial charge < -0.3 is 5.32 Å². The molecule has 0 unspecified atom stereocenters. The van der Waals surface area contributed by atoms with Gasteiger partial charge in [0.05, 0.1) is 6.04 Å². The van der Waals surface area contributed by atoms with Gasteiger partial charge in [-0.15, -0.1) is 0 Å². The van der Waals surface area contributed by atoms with Crippen LogP contribution in [0.15, 0.2) is 24.3 Å². The van der Waals surface area contributed by atoms with Gasteiger partial charge in [0.25, 0.3) is 0 Å². The zero-order chi connectivity index (χ0) is 15.4. The summed E-state index contributed by atoms with van der Waals surface area (Å²) in [5.41, 5.74) is 2.19. The molecule has 116 valence electrons. The predicted molar refractivity (Wildman–Crippen MR) is 88.6 cm³/mol. The van der Waals surface area contributed by atoms with Gasteiger partial charge >= 0.3 is 0 Å². The van der Waals surface area contributed by atoms with Crippen LogP contribution in [0, 0.1) is 5.92 Å². The molecule has 0 aliphatic carbocycles. The summed E-state index contributed by atoms with van der Waals surface area (Å²) in [6.07, 6.45) is 2.48. The van der Waals surface area contributed by atoms with E-state index in [2.05, 4.69) is 43.1 Å². The summed E-state index contributed by atoms with van der Waals surface area (Å²) >= 11 is 0. The van der Waals surface area contributed by atoms with Crippen molar-refractivity contribution in [3.63, 3.8) is 0 Å². The average Bonchev–Trinajstić information content (AvgIpc) is 2.47. The van der Waals surface area contributed by atoms with Crippen LogP contribution in [-0.4, -0.2) is 29.9 Å². The van der Waals surface area contributed by atoms with E-state index in [0.29, 0.717) is 11.8 Å². The minimum absolute atomic E-state index is 0.0578. The highest BCUT2D eigenvalue weighted by Crippen LogP contribution is 2.20. The first-order valence-corrected chi connectivity index (χ1v) is 8.12. The summed E-state index contributed by atoms with van der Waals surface area (Å²) in [5.74, 6) is 1.31. The number of anilines is 1. The highest BCUT2D eigenvalue weighted by Gasteiger charge is 2.25. The maximum Gasteiger partial charge on any atom is 0.241 e. The second-order valence-corrected chi connectivity index (χ2v) is 6.68. The Kier molecular flexibility index (Phi) is 5.40. The Morgan fingerprint density at radius 3 is 2.48 bits per heavy atom. The smallest absolute Gasteiger partial charge is 0.241 e. The lowest BCUT2D eigenvalue weighted by Gasteiger charge is -2.34. The van der Waals surface area contributed by atoms with Crippen molar-refractivity contribution in [3.8, 4) is 0 Å². The van der Waals surface area contributed by atoms with Crippen molar-refractivity contribution in [2.45, 2.75) is 52.5 Å². The standard InChI is InChI=1S/C18H28N2O/c1-13(2)16-7-9-17(10-8-16)19-18(21)15(4)20-11-5-6-14(3)12-20/h7-10,13-15H,5-6,11-12H2,1-4H3,(H,19,21)/t14-,15-/m0/s1. The molecule has 0 saturated carbocycles. The lowest BCUT2D eigenvalue weighted by molar-refractivity contribution is -0.121. The van der Waals surface area contributed by atoms with Crippen LogP contribution in [-0.2, 0) is 4.79 Å². The molecule has 1 N–H and O–H groups in total. The zero-order valence-electron chi connectivity index (χ0n) is 13.7. The first-order chi connectivity index (χ1) is 9.97. The number of amides is 1. The fourth-order valence-electron chi connectivity index (χ4n) is 2.94. The van der Waals surface area contributed by atoms with Gasteiger partial charge in [0.15, 0.2) is 0 Å². The fourth-order valence-corrected chi connectivity index (χ4v) is 2.94. The van der Waals surface area contributed by atoms with Crippen LogP contribution in [0.2, 0.25) is 0 Å². The molecule has 1 aliphatic heterocycles. The minimum atomic E-state index is -0.0578. The van der Waals surface area contributed by atoms with Crippen LogP contribution in [0.25, 0.3) is 0 Å². The highest BCUT2D eigenvalue weighted by molar-refractivity contribution is 5.94. The number of carbonyl (C=O) groups is 1. The molecular formula is C18H28N2O. The van der Waals surface area contributed by atoms with Crippen molar-refractivity contribution < 1.29 is 4.79 Å². The number of rotatable bonds is 4. The van der Waals surface area contributed by atoms with E-state index in [1.807, 2.05) is 19.1 Å². The van der Waals surface area contributed by atoms with Gasteiger partial charge in [0.2, 0.25) is 5.91 Å². The monoisotopic (exact) mass is 288 g/mol. The number of nitrogens with zero attached hydrogens (tertiary/aromatic N) is 1. The van der Waals surface area contributed by atoms with E-state index < -0.39 is 0 Å². The van der Waals surface area contributed by atoms with Crippen LogP contribution >= 0.6 is 0 Å². The molecule has 1 aromatic carbocycles. The quantitative estimate of drug-likeness (QED) is 0.912.